The van der Waals surface area contributed by atoms with Crippen molar-refractivity contribution in [3.63, 3.8) is 0 Å². The smallest absolute Gasteiger partial charge is 0.144 e. The zero-order valence-electron chi connectivity index (χ0n) is 8.34. The molecular weight excluding hydrogens is 192 g/mol. The monoisotopic (exact) mass is 206 g/mol. The largest absolute Gasteiger partial charge is 0.390 e. The number of rotatable bonds is 2. The van der Waals surface area contributed by atoms with Crippen LogP contribution >= 0.6 is 0 Å². The molecule has 2 N–H and O–H groups in total. The molecule has 0 unspecified atom stereocenters. The lowest BCUT2D eigenvalue weighted by Gasteiger charge is -2.26. The molecular formula is C12H14O3. The third-order valence-electron chi connectivity index (χ3n) is 2.70. The number of allylic oxidation sites excluding steroid dienone is 1. The molecule has 0 aliphatic heterocycles. The molecule has 3 heteroatoms. The fourth-order valence-electron chi connectivity index (χ4n) is 1.92. The van der Waals surface area contributed by atoms with Gasteiger partial charge in [0.1, 0.15) is 6.10 Å². The van der Waals surface area contributed by atoms with Gasteiger partial charge in [0.2, 0.25) is 0 Å². The lowest BCUT2D eigenvalue weighted by atomic mass is 9.89. The van der Waals surface area contributed by atoms with Crippen LogP contribution in [-0.4, -0.2) is 22.6 Å². The third kappa shape index (κ3) is 2.09. The highest BCUT2D eigenvalue weighted by molar-refractivity contribution is 5.70. The summed E-state index contributed by atoms with van der Waals surface area (Å²) < 4.78 is 0. The minimum atomic E-state index is -0.629. The van der Waals surface area contributed by atoms with E-state index in [4.69, 9.17) is 5.26 Å². The summed E-state index contributed by atoms with van der Waals surface area (Å²) in [6.45, 7) is 0. The minimum Gasteiger partial charge on any atom is -0.390 e. The molecule has 2 rings (SSSR count). The van der Waals surface area contributed by atoms with Gasteiger partial charge >= 0.3 is 0 Å². The molecule has 2 atom stereocenters. The molecule has 0 amide bonds. The molecule has 0 spiro atoms. The quantitative estimate of drug-likeness (QED) is 0.575. The SMILES string of the molecule is OO[C@H]1C(c2ccccc2)=CCC[C@@H]1O. The second-order valence-corrected chi connectivity index (χ2v) is 3.70. The van der Waals surface area contributed by atoms with E-state index in [1.807, 2.05) is 36.4 Å². The van der Waals surface area contributed by atoms with Gasteiger partial charge in [0.05, 0.1) is 6.10 Å². The fraction of sp³-hybridized carbons (Fsp3) is 0.333. The molecule has 0 fully saturated rings. The van der Waals surface area contributed by atoms with Crippen molar-refractivity contribution < 1.29 is 15.3 Å². The Bertz CT molecular complexity index is 345. The molecule has 0 heterocycles. The number of aliphatic hydroxyl groups excluding tert-OH is 1. The number of hydrogen-bond donors (Lipinski definition) is 2. The summed E-state index contributed by atoms with van der Waals surface area (Å²) in [5.74, 6) is 0. The Labute approximate surface area is 88.6 Å². The van der Waals surface area contributed by atoms with Gasteiger partial charge < -0.3 is 5.11 Å². The lowest BCUT2D eigenvalue weighted by molar-refractivity contribution is -0.280. The Morgan fingerprint density at radius 2 is 1.93 bits per heavy atom. The van der Waals surface area contributed by atoms with E-state index >= 15 is 0 Å². The normalized spacial score (nSPS) is 26.1. The molecule has 0 aromatic heterocycles. The van der Waals surface area contributed by atoms with Crippen LogP contribution in [0.25, 0.3) is 5.57 Å². The first-order chi connectivity index (χ1) is 7.33. The van der Waals surface area contributed by atoms with Crippen LogP contribution in [0, 0.1) is 0 Å². The maximum Gasteiger partial charge on any atom is 0.144 e. The Balaban J connectivity index is 2.31. The van der Waals surface area contributed by atoms with Crippen LogP contribution in [0.2, 0.25) is 0 Å². The Morgan fingerprint density at radius 3 is 2.60 bits per heavy atom. The van der Waals surface area contributed by atoms with Gasteiger partial charge in [-0.15, -0.1) is 0 Å². The van der Waals surface area contributed by atoms with Gasteiger partial charge in [-0.1, -0.05) is 36.4 Å². The van der Waals surface area contributed by atoms with Crippen molar-refractivity contribution in [3.05, 3.63) is 42.0 Å². The molecule has 0 radical (unpaired) electrons. The summed E-state index contributed by atoms with van der Waals surface area (Å²) in [6, 6.07) is 9.65. The van der Waals surface area contributed by atoms with Gasteiger partial charge in [-0.2, -0.15) is 0 Å². The Kier molecular flexibility index (Phi) is 3.16. The van der Waals surface area contributed by atoms with E-state index in [-0.39, 0.29) is 0 Å². The van der Waals surface area contributed by atoms with Crippen LogP contribution in [0.1, 0.15) is 18.4 Å². The van der Waals surface area contributed by atoms with E-state index in [0.717, 1.165) is 17.6 Å². The highest BCUT2D eigenvalue weighted by Crippen LogP contribution is 2.29. The molecule has 1 aromatic carbocycles. The zero-order chi connectivity index (χ0) is 10.7. The highest BCUT2D eigenvalue weighted by Gasteiger charge is 2.28. The maximum atomic E-state index is 9.67. The van der Waals surface area contributed by atoms with Gasteiger partial charge in [-0.3, -0.25) is 5.26 Å². The van der Waals surface area contributed by atoms with Crippen molar-refractivity contribution in [2.24, 2.45) is 0 Å². The van der Waals surface area contributed by atoms with Gasteiger partial charge in [-0.05, 0) is 24.0 Å². The fourth-order valence-corrected chi connectivity index (χ4v) is 1.92. The van der Waals surface area contributed by atoms with Crippen molar-refractivity contribution >= 4 is 5.57 Å². The van der Waals surface area contributed by atoms with Crippen molar-refractivity contribution in [1.29, 1.82) is 0 Å². The van der Waals surface area contributed by atoms with Crippen LogP contribution in [0.4, 0.5) is 0 Å². The van der Waals surface area contributed by atoms with Gasteiger partial charge in [-0.25, -0.2) is 4.89 Å². The minimum absolute atomic E-state index is 0.624. The molecule has 0 bridgehead atoms. The van der Waals surface area contributed by atoms with Gasteiger partial charge in [0.25, 0.3) is 0 Å². The van der Waals surface area contributed by atoms with Crippen molar-refractivity contribution in [3.8, 4) is 0 Å². The van der Waals surface area contributed by atoms with E-state index in [0.29, 0.717) is 6.42 Å². The molecule has 1 aliphatic carbocycles. The predicted molar refractivity (Wildman–Crippen MR) is 57.2 cm³/mol. The average Bonchev–Trinajstić information content (AvgIpc) is 2.30. The molecule has 0 saturated carbocycles. The van der Waals surface area contributed by atoms with Crippen LogP contribution < -0.4 is 0 Å². The second-order valence-electron chi connectivity index (χ2n) is 3.70. The summed E-state index contributed by atoms with van der Waals surface area (Å²) in [4.78, 5) is 4.35. The average molecular weight is 206 g/mol. The first-order valence-electron chi connectivity index (χ1n) is 5.06. The molecule has 15 heavy (non-hydrogen) atoms. The maximum absolute atomic E-state index is 9.67. The summed E-state index contributed by atoms with van der Waals surface area (Å²) in [7, 11) is 0. The van der Waals surface area contributed by atoms with Crippen LogP contribution in [0.15, 0.2) is 36.4 Å². The first kappa shape index (κ1) is 10.4. The Hall–Kier alpha value is -1.16. The van der Waals surface area contributed by atoms with E-state index in [9.17, 15) is 5.11 Å². The summed E-state index contributed by atoms with van der Waals surface area (Å²) in [5, 5.41) is 18.5. The van der Waals surface area contributed by atoms with Gasteiger partial charge in [0.15, 0.2) is 0 Å². The highest BCUT2D eigenvalue weighted by atomic mass is 17.1. The summed E-state index contributed by atoms with van der Waals surface area (Å²) >= 11 is 0. The molecule has 80 valence electrons. The van der Waals surface area contributed by atoms with E-state index in [1.165, 1.54) is 0 Å². The second kappa shape index (κ2) is 4.57. The molecule has 1 aliphatic rings. The molecule has 0 saturated heterocycles. The predicted octanol–water partition coefficient (Wildman–Crippen LogP) is 2.08. The van der Waals surface area contributed by atoms with Gasteiger partial charge in [0, 0.05) is 0 Å². The third-order valence-corrected chi connectivity index (χ3v) is 2.70. The summed E-state index contributed by atoms with van der Waals surface area (Å²) in [6.07, 6.45) is 2.19. The number of aliphatic hydroxyl groups is 1. The zero-order valence-corrected chi connectivity index (χ0v) is 8.34. The summed E-state index contributed by atoms with van der Waals surface area (Å²) in [5.41, 5.74) is 1.84. The van der Waals surface area contributed by atoms with Crippen LogP contribution in [0.3, 0.4) is 0 Å². The van der Waals surface area contributed by atoms with E-state index in [2.05, 4.69) is 4.89 Å². The van der Waals surface area contributed by atoms with Crippen LogP contribution in [-0.2, 0) is 4.89 Å². The number of benzene rings is 1. The van der Waals surface area contributed by atoms with E-state index in [1.54, 1.807) is 0 Å². The van der Waals surface area contributed by atoms with E-state index < -0.39 is 12.2 Å². The Morgan fingerprint density at radius 1 is 1.20 bits per heavy atom. The first-order valence-corrected chi connectivity index (χ1v) is 5.06. The number of hydrogen-bond acceptors (Lipinski definition) is 3. The molecule has 3 nitrogen and oxygen atoms in total. The molecule has 1 aromatic rings. The van der Waals surface area contributed by atoms with Crippen molar-refractivity contribution in [2.45, 2.75) is 25.0 Å². The van der Waals surface area contributed by atoms with Crippen molar-refractivity contribution in [2.75, 3.05) is 0 Å². The van der Waals surface area contributed by atoms with Crippen molar-refractivity contribution in [1.82, 2.24) is 0 Å². The van der Waals surface area contributed by atoms with Crippen LogP contribution in [0.5, 0.6) is 0 Å². The lowest BCUT2D eigenvalue weighted by Crippen LogP contribution is -2.31. The topological polar surface area (TPSA) is 49.7 Å². The standard InChI is InChI=1S/C12H14O3/c13-11-8-4-7-10(12(11)15-14)9-5-2-1-3-6-9/h1-3,5-7,11-14H,4,8H2/t11-,12-/m0/s1.